The lowest BCUT2D eigenvalue weighted by Gasteiger charge is -2.51. The highest BCUT2D eigenvalue weighted by molar-refractivity contribution is 6.71. The van der Waals surface area contributed by atoms with Crippen LogP contribution in [0.4, 0.5) is 0 Å². The van der Waals surface area contributed by atoms with Crippen LogP contribution < -0.4 is 0 Å². The maximum absolute atomic E-state index is 8.94. The Morgan fingerprint density at radius 1 is 0.757 bits per heavy atom. The summed E-state index contributed by atoms with van der Waals surface area (Å²) in [5.41, 5.74) is 3.27. The van der Waals surface area contributed by atoms with E-state index in [4.69, 9.17) is 24.7 Å². The first-order valence-electron chi connectivity index (χ1n) is 13.7. The van der Waals surface area contributed by atoms with Crippen LogP contribution in [0.15, 0.2) is 91.0 Å². The minimum atomic E-state index is -2.05. The van der Waals surface area contributed by atoms with Crippen molar-refractivity contribution in [1.29, 1.82) is 0 Å². The van der Waals surface area contributed by atoms with Gasteiger partial charge in [-0.05, 0) is 42.2 Å². The summed E-state index contributed by atoms with van der Waals surface area (Å²) in [5, 5.41) is 0. The predicted octanol–water partition coefficient (Wildman–Crippen LogP) is 6.14. The van der Waals surface area contributed by atoms with E-state index in [1.54, 1.807) is 0 Å². The highest BCUT2D eigenvalue weighted by Gasteiger charge is 2.52. The summed E-state index contributed by atoms with van der Waals surface area (Å²) in [6.45, 7) is 6.04. The molecule has 2 fully saturated rings. The van der Waals surface area contributed by atoms with Crippen LogP contribution in [-0.4, -0.2) is 45.4 Å². The number of fused-ring (bicyclic) bond motifs is 1. The molecule has 0 saturated carbocycles. The summed E-state index contributed by atoms with van der Waals surface area (Å²) in [4.78, 5) is 0. The zero-order valence-corrected chi connectivity index (χ0v) is 22.7. The first-order valence-corrected chi connectivity index (χ1v) is 16.3. The second-order valence-electron chi connectivity index (χ2n) is 10.4. The number of ether oxygens (including phenoxy) is 4. The molecular formula is C31H38O5Si. The molecule has 37 heavy (non-hydrogen) atoms. The van der Waals surface area contributed by atoms with Crippen molar-refractivity contribution in [3.8, 4) is 0 Å². The zero-order chi connectivity index (χ0) is 26.4. The van der Waals surface area contributed by atoms with Crippen molar-refractivity contribution in [2.45, 2.75) is 75.9 Å². The normalized spacial score (nSPS) is 29.3. The standard InChI is InChI=1S/C31H38O5Si/c1-37(2)19-18-27-30(36-37)31(34-22-26-16-10-5-11-17-26)29(33-21-25-14-8-4-9-15-25)28(35-27)23-32-20-24-12-6-3-7-13-24/h3-17,27-31H,18-23H2,1-2H3/t27-,28-,29-,30+,31+/m1/s1/i18D/t18?,27-,28-,29-,30+,31+. The highest BCUT2D eigenvalue weighted by Crippen LogP contribution is 2.38. The second kappa shape index (κ2) is 12.5. The number of hydrogen-bond donors (Lipinski definition) is 0. The lowest BCUT2D eigenvalue weighted by Crippen LogP contribution is -2.65. The summed E-state index contributed by atoms with van der Waals surface area (Å²) in [7, 11) is -2.05. The van der Waals surface area contributed by atoms with Crippen molar-refractivity contribution in [3.05, 3.63) is 108 Å². The minimum absolute atomic E-state index is 0.344. The van der Waals surface area contributed by atoms with Crippen molar-refractivity contribution in [3.63, 3.8) is 0 Å². The van der Waals surface area contributed by atoms with E-state index in [0.717, 1.165) is 22.7 Å². The van der Waals surface area contributed by atoms with Crippen LogP contribution in [0.3, 0.4) is 0 Å². The summed E-state index contributed by atoms with van der Waals surface area (Å²) >= 11 is 0. The van der Waals surface area contributed by atoms with Gasteiger partial charge in [-0.2, -0.15) is 0 Å². The van der Waals surface area contributed by atoms with Crippen LogP contribution in [0.25, 0.3) is 0 Å². The molecule has 0 spiro atoms. The van der Waals surface area contributed by atoms with Gasteiger partial charge in [-0.3, -0.25) is 0 Å². The molecule has 0 N–H and O–H groups in total. The van der Waals surface area contributed by atoms with E-state index in [0.29, 0.717) is 26.4 Å². The largest absolute Gasteiger partial charge is 0.409 e. The van der Waals surface area contributed by atoms with Gasteiger partial charge in [-0.25, -0.2) is 0 Å². The molecule has 0 amide bonds. The molecule has 3 aromatic rings. The molecule has 6 heteroatoms. The van der Waals surface area contributed by atoms with Gasteiger partial charge in [-0.15, -0.1) is 0 Å². The Balaban J connectivity index is 1.39. The molecule has 1 unspecified atom stereocenters. The van der Waals surface area contributed by atoms with E-state index in [-0.39, 0.29) is 24.7 Å². The van der Waals surface area contributed by atoms with E-state index in [1.807, 2.05) is 54.6 Å². The van der Waals surface area contributed by atoms with Gasteiger partial charge in [-0.1, -0.05) is 91.0 Å². The first kappa shape index (κ1) is 25.0. The molecule has 2 heterocycles. The fourth-order valence-corrected chi connectivity index (χ4v) is 6.91. The molecule has 3 aromatic carbocycles. The average molecular weight is 520 g/mol. The van der Waals surface area contributed by atoms with Gasteiger partial charge in [0.1, 0.15) is 24.4 Å². The molecule has 2 aliphatic rings. The Morgan fingerprint density at radius 3 is 1.84 bits per heavy atom. The van der Waals surface area contributed by atoms with Gasteiger partial charge in [0.15, 0.2) is 8.32 Å². The monoisotopic (exact) mass is 519 g/mol. The van der Waals surface area contributed by atoms with Crippen molar-refractivity contribution in [2.75, 3.05) is 6.61 Å². The third-order valence-corrected chi connectivity index (χ3v) is 9.06. The Kier molecular flexibility index (Phi) is 8.43. The SMILES string of the molecule is [2H]C1C[Si](C)(C)O[C@@H]2[C@@H](OCc3ccccc3)[C@H](OCc3ccccc3)[C@@H](COCc3ccccc3)O[C@H]12. The third-order valence-electron chi connectivity index (χ3n) is 6.93. The zero-order valence-electron chi connectivity index (χ0n) is 22.7. The Bertz CT molecular complexity index is 1120. The van der Waals surface area contributed by atoms with Gasteiger partial charge >= 0.3 is 0 Å². The van der Waals surface area contributed by atoms with Crippen LogP contribution in [0, 0.1) is 0 Å². The lowest BCUT2D eigenvalue weighted by molar-refractivity contribution is -0.261. The lowest BCUT2D eigenvalue weighted by atomic mass is 9.93. The number of hydrogen-bond acceptors (Lipinski definition) is 5. The van der Waals surface area contributed by atoms with E-state index in [2.05, 4.69) is 49.5 Å². The molecular weight excluding hydrogens is 480 g/mol. The van der Waals surface area contributed by atoms with Crippen LogP contribution in [0.2, 0.25) is 19.1 Å². The Hall–Kier alpha value is -2.32. The molecule has 2 aliphatic heterocycles. The second-order valence-corrected chi connectivity index (χ2v) is 14.6. The fraction of sp³-hybridized carbons (Fsp3) is 0.419. The number of rotatable bonds is 10. The van der Waals surface area contributed by atoms with Gasteiger partial charge in [0.25, 0.3) is 0 Å². The van der Waals surface area contributed by atoms with Crippen molar-refractivity contribution < 1.29 is 24.7 Å². The minimum Gasteiger partial charge on any atom is -0.409 e. The quantitative estimate of drug-likeness (QED) is 0.301. The molecule has 196 valence electrons. The van der Waals surface area contributed by atoms with Crippen LogP contribution in [-0.2, 0) is 43.2 Å². The van der Waals surface area contributed by atoms with Crippen molar-refractivity contribution in [2.24, 2.45) is 0 Å². The summed E-state index contributed by atoms with van der Waals surface area (Å²) in [5.74, 6) is 0. The van der Waals surface area contributed by atoms with Gasteiger partial charge in [0.2, 0.25) is 0 Å². The van der Waals surface area contributed by atoms with Crippen LogP contribution >= 0.6 is 0 Å². The van der Waals surface area contributed by atoms with Gasteiger partial charge in [0.05, 0.1) is 32.5 Å². The van der Waals surface area contributed by atoms with Crippen LogP contribution in [0.1, 0.15) is 24.5 Å². The van der Waals surface area contributed by atoms with E-state index < -0.39 is 20.5 Å². The fourth-order valence-electron chi connectivity index (χ4n) is 5.01. The molecule has 5 rings (SSSR count). The average Bonchev–Trinajstić information content (AvgIpc) is 2.92. The molecule has 5 nitrogen and oxygen atoms in total. The number of benzene rings is 3. The van der Waals surface area contributed by atoms with E-state index in [1.165, 1.54) is 0 Å². The molecule has 0 bridgehead atoms. The molecule has 0 aliphatic carbocycles. The smallest absolute Gasteiger partial charge is 0.187 e. The summed E-state index contributed by atoms with van der Waals surface area (Å²) in [6, 6.07) is 31.1. The van der Waals surface area contributed by atoms with Crippen molar-refractivity contribution >= 4 is 8.32 Å². The van der Waals surface area contributed by atoms with E-state index >= 15 is 0 Å². The molecule has 0 radical (unpaired) electrons. The summed E-state index contributed by atoms with van der Waals surface area (Å²) in [6.07, 6.45) is -2.30. The first-order chi connectivity index (χ1) is 18.5. The van der Waals surface area contributed by atoms with E-state index in [9.17, 15) is 0 Å². The maximum atomic E-state index is 8.94. The molecule has 0 aromatic heterocycles. The Labute approximate surface area is 223 Å². The van der Waals surface area contributed by atoms with Crippen LogP contribution in [0.5, 0.6) is 0 Å². The topological polar surface area (TPSA) is 46.2 Å². The van der Waals surface area contributed by atoms with Gasteiger partial charge < -0.3 is 23.4 Å². The third kappa shape index (κ3) is 7.16. The van der Waals surface area contributed by atoms with Gasteiger partial charge in [0, 0.05) is 1.37 Å². The predicted molar refractivity (Wildman–Crippen MR) is 147 cm³/mol. The summed E-state index contributed by atoms with van der Waals surface area (Å²) < 4.78 is 41.6. The molecule has 6 atom stereocenters. The molecule has 2 saturated heterocycles. The van der Waals surface area contributed by atoms with Crippen molar-refractivity contribution in [1.82, 2.24) is 0 Å². The maximum Gasteiger partial charge on any atom is 0.187 e. The highest BCUT2D eigenvalue weighted by atomic mass is 28.4. The Morgan fingerprint density at radius 2 is 1.27 bits per heavy atom.